The van der Waals surface area contributed by atoms with Gasteiger partial charge in [-0.15, -0.1) is 0 Å². The Bertz CT molecular complexity index is 510. The molecule has 0 aliphatic heterocycles. The number of carboxylic acid groups (broad SMARTS) is 1. The Morgan fingerprint density at radius 1 is 1.21 bits per heavy atom. The molecule has 2 rings (SSSR count). The molecule has 0 aromatic heterocycles. The second-order valence-corrected chi connectivity index (χ2v) is 5.29. The van der Waals surface area contributed by atoms with Gasteiger partial charge in [0.2, 0.25) is 5.91 Å². The van der Waals surface area contributed by atoms with Crippen molar-refractivity contribution < 1.29 is 14.7 Å². The quantitative estimate of drug-likeness (QED) is 0.879. The van der Waals surface area contributed by atoms with Crippen LogP contribution in [-0.2, 0) is 9.59 Å². The second kappa shape index (κ2) is 5.43. The van der Waals surface area contributed by atoms with Gasteiger partial charge in [-0.05, 0) is 38.3 Å². The van der Waals surface area contributed by atoms with Crippen LogP contribution in [0.15, 0.2) is 18.2 Å². The molecule has 1 aromatic rings. The van der Waals surface area contributed by atoms with Gasteiger partial charge in [-0.2, -0.15) is 0 Å². The molecule has 19 heavy (non-hydrogen) atoms. The van der Waals surface area contributed by atoms with Crippen molar-refractivity contribution in [3.05, 3.63) is 29.3 Å². The van der Waals surface area contributed by atoms with Gasteiger partial charge in [0.25, 0.3) is 0 Å². The van der Waals surface area contributed by atoms with Crippen molar-refractivity contribution in [1.82, 2.24) is 0 Å². The molecule has 0 bridgehead atoms. The van der Waals surface area contributed by atoms with Crippen molar-refractivity contribution in [2.24, 2.45) is 11.8 Å². The summed E-state index contributed by atoms with van der Waals surface area (Å²) in [5, 5.41) is 12.0. The monoisotopic (exact) mass is 261 g/mol. The minimum atomic E-state index is -0.863. The summed E-state index contributed by atoms with van der Waals surface area (Å²) in [4.78, 5) is 23.3. The summed E-state index contributed by atoms with van der Waals surface area (Å²) in [5.41, 5.74) is 2.91. The van der Waals surface area contributed by atoms with E-state index in [1.54, 1.807) is 0 Å². The number of benzene rings is 1. The zero-order valence-electron chi connectivity index (χ0n) is 11.3. The standard InChI is InChI=1S/C15H19NO3/c1-9-6-7-13(10(2)8-9)16-14(17)11-4-3-5-12(11)15(18)19/h6-8,11-12H,3-5H2,1-2H3,(H,16,17)(H,18,19)/t11-,12+/m1/s1. The number of nitrogens with one attached hydrogen (secondary N) is 1. The van der Waals surface area contributed by atoms with E-state index >= 15 is 0 Å². The van der Waals surface area contributed by atoms with Gasteiger partial charge >= 0.3 is 5.97 Å². The molecule has 1 amide bonds. The van der Waals surface area contributed by atoms with E-state index in [1.807, 2.05) is 32.0 Å². The number of hydrogen-bond acceptors (Lipinski definition) is 2. The number of hydrogen-bond donors (Lipinski definition) is 2. The van der Waals surface area contributed by atoms with E-state index < -0.39 is 17.8 Å². The maximum absolute atomic E-state index is 12.2. The third kappa shape index (κ3) is 2.95. The molecule has 0 heterocycles. The summed E-state index contributed by atoms with van der Waals surface area (Å²) in [6.45, 7) is 3.93. The zero-order chi connectivity index (χ0) is 14.0. The highest BCUT2D eigenvalue weighted by atomic mass is 16.4. The van der Waals surface area contributed by atoms with Crippen molar-refractivity contribution >= 4 is 17.6 Å². The van der Waals surface area contributed by atoms with Gasteiger partial charge in [0, 0.05) is 5.69 Å². The normalized spacial score (nSPS) is 22.2. The van der Waals surface area contributed by atoms with Crippen molar-refractivity contribution in [2.45, 2.75) is 33.1 Å². The Kier molecular flexibility index (Phi) is 3.88. The van der Waals surface area contributed by atoms with Gasteiger partial charge in [0.15, 0.2) is 0 Å². The molecule has 1 saturated carbocycles. The average molecular weight is 261 g/mol. The number of anilines is 1. The minimum absolute atomic E-state index is 0.170. The first-order chi connectivity index (χ1) is 8.99. The van der Waals surface area contributed by atoms with Crippen molar-refractivity contribution in [1.29, 1.82) is 0 Å². The van der Waals surface area contributed by atoms with Crippen LogP contribution in [0.1, 0.15) is 30.4 Å². The first-order valence-electron chi connectivity index (χ1n) is 6.60. The predicted molar refractivity (Wildman–Crippen MR) is 73.0 cm³/mol. The van der Waals surface area contributed by atoms with Crippen LogP contribution in [0.4, 0.5) is 5.69 Å². The van der Waals surface area contributed by atoms with Gasteiger partial charge < -0.3 is 10.4 Å². The molecule has 0 radical (unpaired) electrons. The van der Waals surface area contributed by atoms with Crippen LogP contribution in [0.2, 0.25) is 0 Å². The molecule has 102 valence electrons. The molecule has 1 fully saturated rings. The summed E-state index contributed by atoms with van der Waals surface area (Å²) in [5.74, 6) is -1.97. The molecule has 1 aliphatic carbocycles. The second-order valence-electron chi connectivity index (χ2n) is 5.29. The molecule has 1 aromatic carbocycles. The number of aryl methyl sites for hydroxylation is 2. The third-order valence-electron chi connectivity index (χ3n) is 3.81. The fourth-order valence-corrected chi connectivity index (χ4v) is 2.75. The summed E-state index contributed by atoms with van der Waals surface area (Å²) in [6, 6.07) is 5.80. The van der Waals surface area contributed by atoms with E-state index in [0.29, 0.717) is 12.8 Å². The number of rotatable bonds is 3. The Morgan fingerprint density at radius 2 is 1.89 bits per heavy atom. The summed E-state index contributed by atoms with van der Waals surface area (Å²) in [6.07, 6.45) is 2.07. The van der Waals surface area contributed by atoms with Crippen LogP contribution < -0.4 is 5.32 Å². The maximum atomic E-state index is 12.2. The molecule has 0 unspecified atom stereocenters. The van der Waals surface area contributed by atoms with Crippen molar-refractivity contribution in [3.63, 3.8) is 0 Å². The molecule has 4 nitrogen and oxygen atoms in total. The van der Waals surface area contributed by atoms with Crippen LogP contribution in [0.3, 0.4) is 0 Å². The van der Waals surface area contributed by atoms with Gasteiger partial charge in [0.05, 0.1) is 11.8 Å². The average Bonchev–Trinajstić information content (AvgIpc) is 2.82. The molecular weight excluding hydrogens is 242 g/mol. The number of carboxylic acids is 1. The lowest BCUT2D eigenvalue weighted by atomic mass is 9.95. The molecule has 2 atom stereocenters. The van der Waals surface area contributed by atoms with E-state index in [2.05, 4.69) is 5.32 Å². The van der Waals surface area contributed by atoms with E-state index in [9.17, 15) is 9.59 Å². The molecule has 0 spiro atoms. The Labute approximate surface area is 112 Å². The third-order valence-corrected chi connectivity index (χ3v) is 3.81. The fourth-order valence-electron chi connectivity index (χ4n) is 2.75. The number of carbonyl (C=O) groups excluding carboxylic acids is 1. The summed E-state index contributed by atoms with van der Waals surface area (Å²) >= 11 is 0. The molecular formula is C15H19NO3. The summed E-state index contributed by atoms with van der Waals surface area (Å²) in [7, 11) is 0. The van der Waals surface area contributed by atoms with E-state index in [0.717, 1.165) is 23.2 Å². The highest BCUT2D eigenvalue weighted by molar-refractivity contribution is 5.96. The van der Waals surface area contributed by atoms with Crippen LogP contribution in [-0.4, -0.2) is 17.0 Å². The lowest BCUT2D eigenvalue weighted by molar-refractivity contribution is -0.145. The lowest BCUT2D eigenvalue weighted by Crippen LogP contribution is -2.30. The van der Waals surface area contributed by atoms with Crippen molar-refractivity contribution in [2.75, 3.05) is 5.32 Å². The van der Waals surface area contributed by atoms with E-state index in [1.165, 1.54) is 0 Å². The topological polar surface area (TPSA) is 66.4 Å². The Hall–Kier alpha value is -1.84. The fraction of sp³-hybridized carbons (Fsp3) is 0.467. The number of amides is 1. The van der Waals surface area contributed by atoms with Gasteiger partial charge in [-0.25, -0.2) is 0 Å². The van der Waals surface area contributed by atoms with E-state index in [4.69, 9.17) is 5.11 Å². The minimum Gasteiger partial charge on any atom is -0.481 e. The SMILES string of the molecule is Cc1ccc(NC(=O)[C@@H]2CCC[C@@H]2C(=O)O)c(C)c1. The van der Waals surface area contributed by atoms with Crippen LogP contribution >= 0.6 is 0 Å². The van der Waals surface area contributed by atoms with Crippen molar-refractivity contribution in [3.8, 4) is 0 Å². The molecule has 0 saturated heterocycles. The van der Waals surface area contributed by atoms with Gasteiger partial charge in [-0.3, -0.25) is 9.59 Å². The predicted octanol–water partition coefficient (Wildman–Crippen LogP) is 2.74. The first-order valence-corrected chi connectivity index (χ1v) is 6.60. The number of carbonyl (C=O) groups is 2. The first kappa shape index (κ1) is 13.6. The molecule has 1 aliphatic rings. The largest absolute Gasteiger partial charge is 0.481 e. The maximum Gasteiger partial charge on any atom is 0.307 e. The Morgan fingerprint density at radius 3 is 2.53 bits per heavy atom. The van der Waals surface area contributed by atoms with Crippen LogP contribution in [0.25, 0.3) is 0 Å². The van der Waals surface area contributed by atoms with Crippen LogP contribution in [0, 0.1) is 25.7 Å². The Balaban J connectivity index is 2.10. The number of aliphatic carboxylic acids is 1. The molecule has 2 N–H and O–H groups in total. The smallest absolute Gasteiger partial charge is 0.307 e. The van der Waals surface area contributed by atoms with E-state index in [-0.39, 0.29) is 5.91 Å². The lowest BCUT2D eigenvalue weighted by Gasteiger charge is -2.16. The highest BCUT2D eigenvalue weighted by Gasteiger charge is 2.37. The molecule has 4 heteroatoms. The van der Waals surface area contributed by atoms with Crippen LogP contribution in [0.5, 0.6) is 0 Å². The van der Waals surface area contributed by atoms with Gasteiger partial charge in [-0.1, -0.05) is 24.1 Å². The zero-order valence-corrected chi connectivity index (χ0v) is 11.3. The van der Waals surface area contributed by atoms with Gasteiger partial charge in [0.1, 0.15) is 0 Å². The summed E-state index contributed by atoms with van der Waals surface area (Å²) < 4.78 is 0. The highest BCUT2D eigenvalue weighted by Crippen LogP contribution is 2.33.